The molecule has 0 saturated heterocycles. The van der Waals surface area contributed by atoms with Gasteiger partial charge in [0.2, 0.25) is 0 Å². The molecule has 1 N–H and O–H groups in total. The Morgan fingerprint density at radius 3 is 2.12 bits per heavy atom. The van der Waals surface area contributed by atoms with Crippen molar-refractivity contribution in [1.82, 2.24) is 0 Å². The lowest BCUT2D eigenvalue weighted by Crippen LogP contribution is -2.29. The van der Waals surface area contributed by atoms with Crippen molar-refractivity contribution in [3.63, 3.8) is 0 Å². The third kappa shape index (κ3) is 4.91. The minimum atomic E-state index is -1.03. The summed E-state index contributed by atoms with van der Waals surface area (Å²) in [4.78, 5) is 11.7. The Balaban J connectivity index is 2.21. The molecule has 0 aliphatic rings. The average molecular weight is 358 g/mol. The van der Waals surface area contributed by atoms with Crippen LogP contribution in [0.5, 0.6) is 17.2 Å². The molecule has 5 heteroatoms. The van der Waals surface area contributed by atoms with Crippen molar-refractivity contribution in [1.29, 1.82) is 0 Å². The van der Waals surface area contributed by atoms with Crippen LogP contribution in [0.2, 0.25) is 0 Å². The van der Waals surface area contributed by atoms with E-state index in [4.69, 9.17) is 14.2 Å². The van der Waals surface area contributed by atoms with Crippen LogP contribution >= 0.6 is 0 Å². The molecule has 0 radical (unpaired) electrons. The number of ether oxygens (including phenoxy) is 3. The molecule has 0 spiro atoms. The Kier molecular flexibility index (Phi) is 6.14. The highest BCUT2D eigenvalue weighted by atomic mass is 16.5. The monoisotopic (exact) mass is 358 g/mol. The molecule has 26 heavy (non-hydrogen) atoms. The van der Waals surface area contributed by atoms with Gasteiger partial charge < -0.3 is 19.3 Å². The third-order valence-corrected chi connectivity index (χ3v) is 4.17. The lowest BCUT2D eigenvalue weighted by molar-refractivity contribution is -0.145. The lowest BCUT2D eigenvalue weighted by Gasteiger charge is -2.20. The maximum atomic E-state index is 11.7. The van der Waals surface area contributed by atoms with Gasteiger partial charge in [0.25, 0.3) is 0 Å². The zero-order valence-corrected chi connectivity index (χ0v) is 15.9. The molecule has 0 aromatic heterocycles. The van der Waals surface area contributed by atoms with Gasteiger partial charge in [0.15, 0.2) is 6.10 Å². The molecule has 0 aliphatic carbocycles. The Morgan fingerprint density at radius 2 is 1.62 bits per heavy atom. The van der Waals surface area contributed by atoms with E-state index in [1.807, 2.05) is 12.1 Å². The van der Waals surface area contributed by atoms with E-state index in [1.165, 1.54) is 0 Å². The van der Waals surface area contributed by atoms with Crippen molar-refractivity contribution < 1.29 is 24.1 Å². The summed E-state index contributed by atoms with van der Waals surface area (Å²) in [7, 11) is 3.11. The number of methoxy groups -OCH3 is 2. The van der Waals surface area contributed by atoms with Gasteiger partial charge in [-0.05, 0) is 41.3 Å². The van der Waals surface area contributed by atoms with Gasteiger partial charge in [0.05, 0.1) is 14.2 Å². The van der Waals surface area contributed by atoms with Crippen molar-refractivity contribution in [2.45, 2.75) is 38.7 Å². The molecular formula is C21H26O5. The van der Waals surface area contributed by atoms with Crippen molar-refractivity contribution >= 4 is 5.97 Å². The maximum Gasteiger partial charge on any atom is 0.345 e. The van der Waals surface area contributed by atoms with Crippen LogP contribution in [0.4, 0.5) is 0 Å². The van der Waals surface area contributed by atoms with Crippen LogP contribution in [0.1, 0.15) is 31.9 Å². The van der Waals surface area contributed by atoms with Crippen LogP contribution in [-0.4, -0.2) is 31.4 Å². The van der Waals surface area contributed by atoms with Crippen LogP contribution in [-0.2, 0) is 16.6 Å². The summed E-state index contributed by atoms with van der Waals surface area (Å²) in [6.07, 6.45) is -0.868. The fourth-order valence-corrected chi connectivity index (χ4v) is 2.62. The van der Waals surface area contributed by atoms with Gasteiger partial charge in [-0.1, -0.05) is 32.9 Å². The molecule has 2 aromatic carbocycles. The molecule has 0 amide bonds. The van der Waals surface area contributed by atoms with Gasteiger partial charge in [0.1, 0.15) is 17.2 Å². The first-order valence-electron chi connectivity index (χ1n) is 8.45. The zero-order valence-electron chi connectivity index (χ0n) is 15.9. The Bertz CT molecular complexity index is 744. The Hall–Kier alpha value is -2.69. The summed E-state index contributed by atoms with van der Waals surface area (Å²) in [5.41, 5.74) is 1.90. The first-order chi connectivity index (χ1) is 12.2. The summed E-state index contributed by atoms with van der Waals surface area (Å²) in [6, 6.07) is 12.8. The van der Waals surface area contributed by atoms with Gasteiger partial charge in [0, 0.05) is 12.0 Å². The average Bonchev–Trinajstić information content (AvgIpc) is 2.60. The largest absolute Gasteiger partial charge is 0.497 e. The van der Waals surface area contributed by atoms with E-state index in [2.05, 4.69) is 20.8 Å². The minimum Gasteiger partial charge on any atom is -0.497 e. The van der Waals surface area contributed by atoms with Gasteiger partial charge in [-0.15, -0.1) is 0 Å². The molecule has 0 unspecified atom stereocenters. The molecule has 0 heterocycles. The number of carbonyl (C=O) groups is 1. The van der Waals surface area contributed by atoms with Gasteiger partial charge in [-0.3, -0.25) is 0 Å². The molecule has 140 valence electrons. The molecule has 0 bridgehead atoms. The smallest absolute Gasteiger partial charge is 0.345 e. The summed E-state index contributed by atoms with van der Waals surface area (Å²) >= 11 is 0. The minimum absolute atomic E-state index is 0.0265. The van der Waals surface area contributed by atoms with E-state index in [1.54, 1.807) is 44.6 Å². The van der Waals surface area contributed by atoms with E-state index in [9.17, 15) is 9.90 Å². The highest BCUT2D eigenvalue weighted by Crippen LogP contribution is 2.28. The van der Waals surface area contributed by atoms with Crippen LogP contribution < -0.4 is 14.2 Å². The fraction of sp³-hybridized carbons (Fsp3) is 0.381. The van der Waals surface area contributed by atoms with E-state index < -0.39 is 12.1 Å². The van der Waals surface area contributed by atoms with Crippen LogP contribution in [0.15, 0.2) is 42.5 Å². The summed E-state index contributed by atoms with van der Waals surface area (Å²) in [6.45, 7) is 6.37. The topological polar surface area (TPSA) is 65.0 Å². The number of aliphatic carboxylic acids is 1. The predicted molar refractivity (Wildman–Crippen MR) is 100 cm³/mol. The van der Waals surface area contributed by atoms with E-state index in [-0.39, 0.29) is 11.8 Å². The highest BCUT2D eigenvalue weighted by Gasteiger charge is 2.23. The third-order valence-electron chi connectivity index (χ3n) is 4.17. The van der Waals surface area contributed by atoms with E-state index in [0.29, 0.717) is 22.8 Å². The lowest BCUT2D eigenvalue weighted by atomic mass is 9.87. The first-order valence-corrected chi connectivity index (χ1v) is 8.45. The van der Waals surface area contributed by atoms with Crippen molar-refractivity contribution in [2.75, 3.05) is 14.2 Å². The summed E-state index contributed by atoms with van der Waals surface area (Å²) in [5.74, 6) is 0.727. The SMILES string of the molecule is COc1ccc(OC)c(C[C@@H](Oc2ccc(C(C)(C)C)cc2)C(=O)O)c1. The van der Waals surface area contributed by atoms with Gasteiger partial charge in [-0.25, -0.2) is 4.79 Å². The summed E-state index contributed by atoms with van der Waals surface area (Å²) in [5, 5.41) is 9.57. The van der Waals surface area contributed by atoms with Crippen LogP contribution in [0.25, 0.3) is 0 Å². The molecule has 1 atom stereocenters. The molecule has 0 saturated carbocycles. The number of hydrogen-bond acceptors (Lipinski definition) is 4. The Labute approximate surface area is 154 Å². The van der Waals surface area contributed by atoms with Crippen molar-refractivity contribution in [2.24, 2.45) is 0 Å². The molecule has 2 rings (SSSR count). The molecule has 5 nitrogen and oxygen atoms in total. The van der Waals surface area contributed by atoms with Crippen LogP contribution in [0.3, 0.4) is 0 Å². The number of carboxylic acids is 1. The molecule has 0 aliphatic heterocycles. The van der Waals surface area contributed by atoms with Crippen molar-refractivity contribution in [3.8, 4) is 17.2 Å². The predicted octanol–water partition coefficient (Wildman–Crippen LogP) is 4.08. The second-order valence-corrected chi connectivity index (χ2v) is 7.10. The summed E-state index contributed by atoms with van der Waals surface area (Å²) < 4.78 is 16.3. The second kappa shape index (κ2) is 8.13. The number of benzene rings is 2. The van der Waals surface area contributed by atoms with Crippen molar-refractivity contribution in [3.05, 3.63) is 53.6 Å². The van der Waals surface area contributed by atoms with Gasteiger partial charge >= 0.3 is 5.97 Å². The van der Waals surface area contributed by atoms with Crippen LogP contribution in [0, 0.1) is 0 Å². The van der Waals surface area contributed by atoms with Gasteiger partial charge in [-0.2, -0.15) is 0 Å². The van der Waals surface area contributed by atoms with E-state index >= 15 is 0 Å². The number of carboxylic acid groups (broad SMARTS) is 1. The number of hydrogen-bond donors (Lipinski definition) is 1. The number of rotatable bonds is 7. The Morgan fingerprint density at radius 1 is 1.00 bits per heavy atom. The molecule has 2 aromatic rings. The standard InChI is InChI=1S/C21H26O5/c1-21(2,3)15-6-8-16(9-7-15)26-19(20(22)23)13-14-12-17(24-4)10-11-18(14)25-5/h6-12,19H,13H2,1-5H3,(H,22,23)/t19-/m1/s1. The molecular weight excluding hydrogens is 332 g/mol. The normalized spacial score (nSPS) is 12.3. The first kappa shape index (κ1) is 19.6. The molecule has 0 fully saturated rings. The maximum absolute atomic E-state index is 11.7. The fourth-order valence-electron chi connectivity index (χ4n) is 2.62. The quantitative estimate of drug-likeness (QED) is 0.808. The highest BCUT2D eigenvalue weighted by molar-refractivity contribution is 5.73. The second-order valence-electron chi connectivity index (χ2n) is 7.10. The van der Waals surface area contributed by atoms with E-state index in [0.717, 1.165) is 5.56 Å². The zero-order chi connectivity index (χ0) is 19.3.